The van der Waals surface area contributed by atoms with Gasteiger partial charge in [0.25, 0.3) is 5.91 Å². The summed E-state index contributed by atoms with van der Waals surface area (Å²) in [5.74, 6) is -0.108. The van der Waals surface area contributed by atoms with E-state index in [0.29, 0.717) is 27.6 Å². The van der Waals surface area contributed by atoms with E-state index in [9.17, 15) is 9.59 Å². The van der Waals surface area contributed by atoms with Crippen molar-refractivity contribution in [2.24, 2.45) is 0 Å². The van der Waals surface area contributed by atoms with Crippen LogP contribution in [0.15, 0.2) is 18.2 Å². The number of rotatable bonds is 6. The first-order chi connectivity index (χ1) is 13.6. The van der Waals surface area contributed by atoms with Crippen LogP contribution in [0.1, 0.15) is 39.2 Å². The predicted molar refractivity (Wildman–Crippen MR) is 104 cm³/mol. The van der Waals surface area contributed by atoms with Gasteiger partial charge in [-0.3, -0.25) is 4.79 Å². The highest BCUT2D eigenvalue weighted by Gasteiger charge is 2.27. The highest BCUT2D eigenvalue weighted by molar-refractivity contribution is 7.17. The van der Waals surface area contributed by atoms with Gasteiger partial charge in [0.2, 0.25) is 0 Å². The average molecular weight is 400 g/mol. The molecule has 0 radical (unpaired) electrons. The third-order valence-electron chi connectivity index (χ3n) is 4.47. The molecular formula is C20H20N2O5S. The minimum atomic E-state index is -0.440. The van der Waals surface area contributed by atoms with Crippen molar-refractivity contribution in [3.8, 4) is 17.6 Å². The topological polar surface area (TPSA) is 97.6 Å². The monoisotopic (exact) mass is 400 g/mol. The van der Waals surface area contributed by atoms with E-state index in [1.807, 2.05) is 6.07 Å². The molecule has 1 N–H and O–H groups in total. The van der Waals surface area contributed by atoms with E-state index in [1.54, 1.807) is 12.1 Å². The smallest absolute Gasteiger partial charge is 0.341 e. The van der Waals surface area contributed by atoms with Crippen LogP contribution >= 0.6 is 11.3 Å². The number of anilines is 1. The highest BCUT2D eigenvalue weighted by Crippen LogP contribution is 2.38. The van der Waals surface area contributed by atoms with Crippen LogP contribution in [0.3, 0.4) is 0 Å². The van der Waals surface area contributed by atoms with Crippen molar-refractivity contribution in [3.05, 3.63) is 39.8 Å². The van der Waals surface area contributed by atoms with Gasteiger partial charge in [0.1, 0.15) is 5.00 Å². The SMILES string of the molecule is COC(=O)c1c(NC(=O)COc2ccc(C#N)cc2OC)sc2c1CCCC2. The molecule has 3 rings (SSSR count). The quantitative estimate of drug-likeness (QED) is 0.747. The zero-order valence-electron chi connectivity index (χ0n) is 15.7. The third-order valence-corrected chi connectivity index (χ3v) is 5.67. The lowest BCUT2D eigenvalue weighted by molar-refractivity contribution is -0.118. The molecule has 8 heteroatoms. The Labute approximate surface area is 166 Å². The number of amides is 1. The largest absolute Gasteiger partial charge is 0.493 e. The standard InChI is InChI=1S/C20H20N2O5S/c1-25-15-9-12(10-21)7-8-14(15)27-11-17(23)22-19-18(20(24)26-2)13-5-3-4-6-16(13)28-19/h7-9H,3-6,11H2,1-2H3,(H,22,23). The minimum absolute atomic E-state index is 0.258. The lowest BCUT2D eigenvalue weighted by Gasteiger charge is -2.12. The molecule has 0 saturated carbocycles. The summed E-state index contributed by atoms with van der Waals surface area (Å²) >= 11 is 1.42. The molecule has 0 unspecified atom stereocenters. The Morgan fingerprint density at radius 1 is 1.21 bits per heavy atom. The summed E-state index contributed by atoms with van der Waals surface area (Å²) in [5, 5.41) is 12.2. The minimum Gasteiger partial charge on any atom is -0.493 e. The number of hydrogen-bond donors (Lipinski definition) is 1. The van der Waals surface area contributed by atoms with Crippen LogP contribution in [-0.2, 0) is 22.4 Å². The highest BCUT2D eigenvalue weighted by atomic mass is 32.1. The molecule has 1 aliphatic carbocycles. The van der Waals surface area contributed by atoms with Crippen molar-refractivity contribution in [2.75, 3.05) is 26.1 Å². The summed E-state index contributed by atoms with van der Waals surface area (Å²) in [5.41, 5.74) is 1.86. The molecule has 1 aromatic carbocycles. The Morgan fingerprint density at radius 2 is 2.00 bits per heavy atom. The first-order valence-electron chi connectivity index (χ1n) is 8.81. The van der Waals surface area contributed by atoms with Gasteiger partial charge in [-0.2, -0.15) is 5.26 Å². The summed E-state index contributed by atoms with van der Waals surface area (Å²) in [6.07, 6.45) is 3.80. The fraction of sp³-hybridized carbons (Fsp3) is 0.350. The van der Waals surface area contributed by atoms with E-state index >= 15 is 0 Å². The summed E-state index contributed by atoms with van der Waals surface area (Å²) in [4.78, 5) is 25.8. The number of aryl methyl sites for hydroxylation is 1. The van der Waals surface area contributed by atoms with Crippen molar-refractivity contribution >= 4 is 28.2 Å². The number of benzene rings is 1. The first kappa shape index (κ1) is 19.7. The van der Waals surface area contributed by atoms with Crippen molar-refractivity contribution in [1.29, 1.82) is 5.26 Å². The van der Waals surface area contributed by atoms with Crippen LogP contribution in [0.5, 0.6) is 11.5 Å². The van der Waals surface area contributed by atoms with Crippen molar-refractivity contribution in [2.45, 2.75) is 25.7 Å². The number of esters is 1. The summed E-state index contributed by atoms with van der Waals surface area (Å²) in [6, 6.07) is 6.71. The Balaban J connectivity index is 1.73. The van der Waals surface area contributed by atoms with Gasteiger partial charge in [-0.25, -0.2) is 4.79 Å². The summed E-state index contributed by atoms with van der Waals surface area (Å²) < 4.78 is 15.6. The molecule has 0 fully saturated rings. The molecule has 0 atom stereocenters. The summed E-state index contributed by atoms with van der Waals surface area (Å²) in [6.45, 7) is -0.258. The van der Waals surface area contributed by atoms with Gasteiger partial charge >= 0.3 is 5.97 Å². The second-order valence-electron chi connectivity index (χ2n) is 6.22. The molecule has 0 spiro atoms. The Morgan fingerprint density at radius 3 is 2.71 bits per heavy atom. The lowest BCUT2D eigenvalue weighted by atomic mass is 9.95. The molecule has 0 aliphatic heterocycles. The number of thiophene rings is 1. The fourth-order valence-electron chi connectivity index (χ4n) is 3.13. The first-order valence-corrected chi connectivity index (χ1v) is 9.62. The van der Waals surface area contributed by atoms with E-state index in [2.05, 4.69) is 5.32 Å². The maximum atomic E-state index is 12.4. The number of fused-ring (bicyclic) bond motifs is 1. The van der Waals surface area contributed by atoms with Crippen LogP contribution in [0.25, 0.3) is 0 Å². The number of ether oxygens (including phenoxy) is 3. The lowest BCUT2D eigenvalue weighted by Crippen LogP contribution is -2.21. The maximum absolute atomic E-state index is 12.4. The molecule has 1 amide bonds. The van der Waals surface area contributed by atoms with Crippen LogP contribution in [0.4, 0.5) is 5.00 Å². The number of carbonyl (C=O) groups excluding carboxylic acids is 2. The van der Waals surface area contributed by atoms with Crippen molar-refractivity contribution in [3.63, 3.8) is 0 Å². The van der Waals surface area contributed by atoms with E-state index < -0.39 is 11.9 Å². The van der Waals surface area contributed by atoms with E-state index in [-0.39, 0.29) is 6.61 Å². The molecule has 1 aromatic heterocycles. The molecule has 28 heavy (non-hydrogen) atoms. The Hall–Kier alpha value is -3.05. The molecule has 7 nitrogen and oxygen atoms in total. The fourth-order valence-corrected chi connectivity index (χ4v) is 4.43. The zero-order chi connectivity index (χ0) is 20.1. The van der Waals surface area contributed by atoms with Crippen molar-refractivity contribution in [1.82, 2.24) is 0 Å². The van der Waals surface area contributed by atoms with Gasteiger partial charge in [0, 0.05) is 10.9 Å². The summed E-state index contributed by atoms with van der Waals surface area (Å²) in [7, 11) is 2.79. The Bertz CT molecular complexity index is 945. The van der Waals surface area contributed by atoms with Gasteiger partial charge in [0.15, 0.2) is 18.1 Å². The number of carbonyl (C=O) groups is 2. The molecule has 0 saturated heterocycles. The molecule has 1 aliphatic rings. The normalized spacial score (nSPS) is 12.5. The van der Waals surface area contributed by atoms with Crippen LogP contribution in [-0.4, -0.2) is 32.7 Å². The van der Waals surface area contributed by atoms with Gasteiger partial charge in [0.05, 0.1) is 31.4 Å². The zero-order valence-corrected chi connectivity index (χ0v) is 16.5. The second kappa shape index (κ2) is 8.76. The van der Waals surface area contributed by atoms with Crippen molar-refractivity contribution < 1.29 is 23.8 Å². The number of hydrogen-bond acceptors (Lipinski definition) is 7. The average Bonchev–Trinajstić information content (AvgIpc) is 3.09. The van der Waals surface area contributed by atoms with E-state index in [1.165, 1.54) is 31.6 Å². The van der Waals surface area contributed by atoms with Crippen LogP contribution in [0.2, 0.25) is 0 Å². The van der Waals surface area contributed by atoms with Crippen LogP contribution < -0.4 is 14.8 Å². The number of methoxy groups -OCH3 is 2. The van der Waals surface area contributed by atoms with Gasteiger partial charge in [-0.1, -0.05) is 0 Å². The van der Waals surface area contributed by atoms with Gasteiger partial charge < -0.3 is 19.5 Å². The van der Waals surface area contributed by atoms with Gasteiger partial charge in [-0.15, -0.1) is 11.3 Å². The Kier molecular flexibility index (Phi) is 6.16. The van der Waals surface area contributed by atoms with Gasteiger partial charge in [-0.05, 0) is 43.4 Å². The molecule has 2 aromatic rings. The predicted octanol–water partition coefficient (Wildman–Crippen LogP) is 3.31. The number of nitrogens with zero attached hydrogens (tertiary/aromatic N) is 1. The second-order valence-corrected chi connectivity index (χ2v) is 7.33. The van der Waals surface area contributed by atoms with Crippen LogP contribution in [0, 0.1) is 11.3 Å². The van der Waals surface area contributed by atoms with E-state index in [4.69, 9.17) is 19.5 Å². The number of nitriles is 1. The van der Waals surface area contributed by atoms with E-state index in [0.717, 1.165) is 36.1 Å². The molecule has 1 heterocycles. The maximum Gasteiger partial charge on any atom is 0.341 e. The molecule has 146 valence electrons. The number of nitrogens with one attached hydrogen (secondary N) is 1. The molecule has 0 bridgehead atoms. The molecular weight excluding hydrogens is 380 g/mol. The third kappa shape index (κ3) is 4.10.